The maximum Gasteiger partial charge on any atom is 0.225 e. The summed E-state index contributed by atoms with van der Waals surface area (Å²) in [6.45, 7) is 3.79. The van der Waals surface area contributed by atoms with E-state index in [1.807, 2.05) is 19.9 Å². The zero-order valence-corrected chi connectivity index (χ0v) is 15.5. The second kappa shape index (κ2) is 8.71. The molecule has 0 fully saturated rings. The monoisotopic (exact) mass is 385 g/mol. The summed E-state index contributed by atoms with van der Waals surface area (Å²) < 4.78 is 28.0. The molecule has 0 unspecified atom stereocenters. The summed E-state index contributed by atoms with van der Waals surface area (Å²) in [4.78, 5) is 13.0. The van der Waals surface area contributed by atoms with Crippen molar-refractivity contribution in [2.24, 2.45) is 5.92 Å². The molecule has 8 heteroatoms. The minimum atomic E-state index is -0.733. The Kier molecular flexibility index (Phi) is 6.10. The molecule has 3 rings (SSSR count). The van der Waals surface area contributed by atoms with E-state index in [-0.39, 0.29) is 36.0 Å². The van der Waals surface area contributed by atoms with Crippen LogP contribution in [-0.2, 0) is 0 Å². The van der Waals surface area contributed by atoms with Gasteiger partial charge in [0.15, 0.2) is 0 Å². The number of nitrogens with one attached hydrogen (secondary N) is 2. The highest BCUT2D eigenvalue weighted by Gasteiger charge is 2.16. The highest BCUT2D eigenvalue weighted by molar-refractivity contribution is 5.65. The van der Waals surface area contributed by atoms with Crippen molar-refractivity contribution in [3.8, 4) is 11.4 Å². The number of anilines is 3. The number of hydrogen-bond acceptors (Lipinski definition) is 6. The molecule has 1 aromatic carbocycles. The summed E-state index contributed by atoms with van der Waals surface area (Å²) in [5.74, 6) is -0.934. The Morgan fingerprint density at radius 1 is 1.00 bits per heavy atom. The summed E-state index contributed by atoms with van der Waals surface area (Å²) in [7, 11) is 0. The number of para-hydroxylation sites is 1. The molecule has 0 amide bonds. The Balaban J connectivity index is 2.02. The molecule has 0 aliphatic carbocycles. The van der Waals surface area contributed by atoms with E-state index in [1.54, 1.807) is 24.4 Å². The minimum absolute atomic E-state index is 0.112. The Labute approximate surface area is 161 Å². The fourth-order valence-corrected chi connectivity index (χ4v) is 2.56. The molecule has 0 saturated carbocycles. The summed E-state index contributed by atoms with van der Waals surface area (Å²) in [5, 5.41) is 15.3. The number of hydrogen-bond donors (Lipinski definition) is 3. The smallest absolute Gasteiger partial charge is 0.225 e. The lowest BCUT2D eigenvalue weighted by molar-refractivity contribution is 0.248. The van der Waals surface area contributed by atoms with E-state index in [9.17, 15) is 13.9 Å². The third kappa shape index (κ3) is 4.58. The molecular formula is C20H21F2N5O. The molecule has 0 spiro atoms. The van der Waals surface area contributed by atoms with Crippen molar-refractivity contribution in [3.05, 3.63) is 60.3 Å². The second-order valence-corrected chi connectivity index (χ2v) is 6.58. The standard InChI is InChI=1S/C20H21F2N5O/c1-12(2)17(11-28)25-20-24-16(15-8-3-4-9-23-15)10-18(27-20)26-19-13(21)6-5-7-14(19)22/h3-10,12,17,28H,11H2,1-2H3,(H2,24,25,26,27)/t17-/m0/s1. The zero-order chi connectivity index (χ0) is 20.1. The second-order valence-electron chi connectivity index (χ2n) is 6.58. The van der Waals surface area contributed by atoms with Crippen LogP contribution in [0.3, 0.4) is 0 Å². The van der Waals surface area contributed by atoms with Gasteiger partial charge in [-0.2, -0.15) is 4.98 Å². The molecular weight excluding hydrogens is 364 g/mol. The number of aliphatic hydroxyl groups excluding tert-OH is 1. The first-order chi connectivity index (χ1) is 13.5. The number of aromatic nitrogens is 3. The lowest BCUT2D eigenvalue weighted by Gasteiger charge is -2.20. The van der Waals surface area contributed by atoms with Crippen LogP contribution in [0.5, 0.6) is 0 Å². The first kappa shape index (κ1) is 19.6. The lowest BCUT2D eigenvalue weighted by Crippen LogP contribution is -2.30. The van der Waals surface area contributed by atoms with Crippen LogP contribution in [-0.4, -0.2) is 32.7 Å². The predicted octanol–water partition coefficient (Wildman–Crippen LogP) is 3.99. The van der Waals surface area contributed by atoms with Crippen molar-refractivity contribution in [1.82, 2.24) is 15.0 Å². The third-order valence-corrected chi connectivity index (χ3v) is 4.19. The SMILES string of the molecule is CC(C)[C@H](CO)Nc1nc(Nc2c(F)cccc2F)cc(-c2ccccn2)n1. The number of nitrogens with zero attached hydrogens (tertiary/aromatic N) is 3. The van der Waals surface area contributed by atoms with Crippen LogP contribution < -0.4 is 10.6 Å². The van der Waals surface area contributed by atoms with Crippen molar-refractivity contribution < 1.29 is 13.9 Å². The first-order valence-electron chi connectivity index (χ1n) is 8.87. The molecule has 0 aliphatic heterocycles. The average Bonchev–Trinajstić information content (AvgIpc) is 2.69. The van der Waals surface area contributed by atoms with Gasteiger partial charge in [-0.15, -0.1) is 0 Å². The highest BCUT2D eigenvalue weighted by atomic mass is 19.1. The summed E-state index contributed by atoms with van der Waals surface area (Å²) in [6, 6.07) is 10.2. The van der Waals surface area contributed by atoms with E-state index in [1.165, 1.54) is 6.07 Å². The van der Waals surface area contributed by atoms with Crippen molar-refractivity contribution in [1.29, 1.82) is 0 Å². The molecule has 1 atom stereocenters. The Morgan fingerprint density at radius 3 is 2.36 bits per heavy atom. The van der Waals surface area contributed by atoms with Gasteiger partial charge >= 0.3 is 0 Å². The molecule has 146 valence electrons. The number of rotatable bonds is 7. The Bertz CT molecular complexity index is 917. The molecule has 6 nitrogen and oxygen atoms in total. The Hall–Kier alpha value is -3.13. The number of aliphatic hydroxyl groups is 1. The molecule has 3 aromatic rings. The number of benzene rings is 1. The van der Waals surface area contributed by atoms with E-state index in [2.05, 4.69) is 25.6 Å². The maximum atomic E-state index is 14.0. The first-order valence-corrected chi connectivity index (χ1v) is 8.87. The average molecular weight is 385 g/mol. The van der Waals surface area contributed by atoms with Crippen molar-refractivity contribution in [2.45, 2.75) is 19.9 Å². The molecule has 0 saturated heterocycles. The van der Waals surface area contributed by atoms with Crippen LogP contribution >= 0.6 is 0 Å². The van der Waals surface area contributed by atoms with Gasteiger partial charge in [0.25, 0.3) is 0 Å². The molecule has 3 N–H and O–H groups in total. The van der Waals surface area contributed by atoms with E-state index < -0.39 is 11.6 Å². The van der Waals surface area contributed by atoms with Crippen LogP contribution in [0, 0.1) is 17.6 Å². The van der Waals surface area contributed by atoms with Gasteiger partial charge in [0.05, 0.1) is 24.0 Å². The molecule has 2 aromatic heterocycles. The largest absolute Gasteiger partial charge is 0.394 e. The van der Waals surface area contributed by atoms with E-state index in [0.717, 1.165) is 12.1 Å². The lowest BCUT2D eigenvalue weighted by atomic mass is 10.1. The van der Waals surface area contributed by atoms with Gasteiger partial charge in [-0.3, -0.25) is 4.98 Å². The van der Waals surface area contributed by atoms with E-state index in [4.69, 9.17) is 0 Å². The number of pyridine rings is 1. The quantitative estimate of drug-likeness (QED) is 0.570. The van der Waals surface area contributed by atoms with Crippen molar-refractivity contribution >= 4 is 17.5 Å². The molecule has 2 heterocycles. The fraction of sp³-hybridized carbons (Fsp3) is 0.250. The van der Waals surface area contributed by atoms with E-state index >= 15 is 0 Å². The maximum absolute atomic E-state index is 14.0. The van der Waals surface area contributed by atoms with Gasteiger partial charge in [0, 0.05) is 12.3 Å². The number of halogens is 2. The molecule has 0 radical (unpaired) electrons. The molecule has 0 aliphatic rings. The van der Waals surface area contributed by atoms with Crippen molar-refractivity contribution in [2.75, 3.05) is 17.2 Å². The molecule has 0 bridgehead atoms. The van der Waals surface area contributed by atoms with Gasteiger partial charge in [0.1, 0.15) is 23.1 Å². The van der Waals surface area contributed by atoms with Crippen LogP contribution in [0.1, 0.15) is 13.8 Å². The predicted molar refractivity (Wildman–Crippen MR) is 104 cm³/mol. The van der Waals surface area contributed by atoms with Gasteiger partial charge < -0.3 is 15.7 Å². The van der Waals surface area contributed by atoms with Gasteiger partial charge in [0.2, 0.25) is 5.95 Å². The normalized spacial score (nSPS) is 12.1. The van der Waals surface area contributed by atoms with Gasteiger partial charge in [-0.1, -0.05) is 26.0 Å². The third-order valence-electron chi connectivity index (χ3n) is 4.19. The zero-order valence-electron chi connectivity index (χ0n) is 15.5. The topological polar surface area (TPSA) is 83.0 Å². The van der Waals surface area contributed by atoms with Crippen LogP contribution in [0.25, 0.3) is 11.4 Å². The van der Waals surface area contributed by atoms with Gasteiger partial charge in [-0.05, 0) is 30.2 Å². The van der Waals surface area contributed by atoms with Crippen LogP contribution in [0.4, 0.5) is 26.2 Å². The van der Waals surface area contributed by atoms with Crippen LogP contribution in [0.15, 0.2) is 48.7 Å². The van der Waals surface area contributed by atoms with Crippen LogP contribution in [0.2, 0.25) is 0 Å². The summed E-state index contributed by atoms with van der Waals surface area (Å²) in [5.41, 5.74) is 0.745. The van der Waals surface area contributed by atoms with Crippen molar-refractivity contribution in [3.63, 3.8) is 0 Å². The summed E-state index contributed by atoms with van der Waals surface area (Å²) in [6.07, 6.45) is 1.62. The Morgan fingerprint density at radius 2 is 1.75 bits per heavy atom. The van der Waals surface area contributed by atoms with Gasteiger partial charge in [-0.25, -0.2) is 13.8 Å². The summed E-state index contributed by atoms with van der Waals surface area (Å²) >= 11 is 0. The highest BCUT2D eigenvalue weighted by Crippen LogP contribution is 2.26. The fourth-order valence-electron chi connectivity index (χ4n) is 2.56. The minimum Gasteiger partial charge on any atom is -0.394 e. The van der Waals surface area contributed by atoms with E-state index in [0.29, 0.717) is 11.4 Å². The molecule has 28 heavy (non-hydrogen) atoms.